The van der Waals surface area contributed by atoms with E-state index in [0.29, 0.717) is 5.41 Å². The van der Waals surface area contributed by atoms with Gasteiger partial charge in [0.2, 0.25) is 0 Å². The van der Waals surface area contributed by atoms with Crippen LogP contribution in [0, 0.1) is 5.41 Å². The molecule has 17 heavy (non-hydrogen) atoms. The molecule has 0 fully saturated rings. The molecule has 0 amide bonds. The first kappa shape index (κ1) is 14.0. The molecule has 0 aromatic heterocycles. The zero-order valence-corrected chi connectivity index (χ0v) is 11.3. The van der Waals surface area contributed by atoms with Gasteiger partial charge in [0, 0.05) is 25.4 Å². The van der Waals surface area contributed by atoms with E-state index < -0.39 is 0 Å². The van der Waals surface area contributed by atoms with Crippen LogP contribution in [0.5, 0.6) is 0 Å². The van der Waals surface area contributed by atoms with Crippen LogP contribution in [0.25, 0.3) is 0 Å². The molecule has 1 N–H and O–H groups in total. The highest BCUT2D eigenvalue weighted by Gasteiger charge is 2.08. The van der Waals surface area contributed by atoms with Gasteiger partial charge in [-0.15, -0.1) is 0 Å². The van der Waals surface area contributed by atoms with Crippen molar-refractivity contribution < 1.29 is 4.74 Å². The van der Waals surface area contributed by atoms with Crippen LogP contribution in [0.4, 0.5) is 5.69 Å². The second-order valence-corrected chi connectivity index (χ2v) is 5.57. The minimum absolute atomic E-state index is 0.377. The predicted octanol–water partition coefficient (Wildman–Crippen LogP) is 3.94. The fourth-order valence-electron chi connectivity index (χ4n) is 1.44. The molecule has 2 heteroatoms. The Balaban J connectivity index is 1.95. The van der Waals surface area contributed by atoms with Crippen molar-refractivity contribution in [3.05, 3.63) is 30.3 Å². The molecule has 0 aliphatic carbocycles. The van der Waals surface area contributed by atoms with E-state index in [1.807, 2.05) is 18.2 Å². The van der Waals surface area contributed by atoms with Gasteiger partial charge in [-0.1, -0.05) is 39.0 Å². The third-order valence-electron chi connectivity index (χ3n) is 2.56. The Kier molecular flexibility index (Phi) is 6.06. The zero-order chi connectivity index (χ0) is 12.6. The fraction of sp³-hybridized carbons (Fsp3) is 0.600. The van der Waals surface area contributed by atoms with Crippen molar-refractivity contribution in [3.63, 3.8) is 0 Å². The molecule has 0 heterocycles. The maximum Gasteiger partial charge on any atom is 0.0482 e. The van der Waals surface area contributed by atoms with E-state index in [-0.39, 0.29) is 0 Å². The summed E-state index contributed by atoms with van der Waals surface area (Å²) >= 11 is 0. The van der Waals surface area contributed by atoms with Gasteiger partial charge < -0.3 is 10.1 Å². The molecule has 2 nitrogen and oxygen atoms in total. The number of hydrogen-bond acceptors (Lipinski definition) is 2. The second-order valence-electron chi connectivity index (χ2n) is 5.57. The maximum absolute atomic E-state index is 5.61. The molecule has 0 aliphatic rings. The van der Waals surface area contributed by atoms with Crippen molar-refractivity contribution >= 4 is 5.69 Å². The Hall–Kier alpha value is -1.02. The SMILES string of the molecule is CC(C)(C)CCOCCCNc1ccccc1. The Morgan fingerprint density at radius 1 is 1.06 bits per heavy atom. The van der Waals surface area contributed by atoms with Crippen molar-refractivity contribution in [1.82, 2.24) is 0 Å². The van der Waals surface area contributed by atoms with Crippen LogP contribution < -0.4 is 5.32 Å². The van der Waals surface area contributed by atoms with Crippen LogP contribution in [-0.2, 0) is 4.74 Å². The summed E-state index contributed by atoms with van der Waals surface area (Å²) in [4.78, 5) is 0. The lowest BCUT2D eigenvalue weighted by Gasteiger charge is -2.17. The molecule has 0 aliphatic heterocycles. The number of benzene rings is 1. The summed E-state index contributed by atoms with van der Waals surface area (Å²) in [5.74, 6) is 0. The first-order valence-electron chi connectivity index (χ1n) is 6.45. The van der Waals surface area contributed by atoms with E-state index in [2.05, 4.69) is 38.2 Å². The maximum atomic E-state index is 5.61. The van der Waals surface area contributed by atoms with Gasteiger partial charge in [0.25, 0.3) is 0 Å². The lowest BCUT2D eigenvalue weighted by atomic mass is 9.93. The molecule has 0 spiro atoms. The molecule has 1 aromatic carbocycles. The predicted molar refractivity (Wildman–Crippen MR) is 74.4 cm³/mol. The summed E-state index contributed by atoms with van der Waals surface area (Å²) < 4.78 is 5.61. The molecule has 96 valence electrons. The number of para-hydroxylation sites is 1. The molecular weight excluding hydrogens is 210 g/mol. The van der Waals surface area contributed by atoms with Crippen molar-refractivity contribution in [1.29, 1.82) is 0 Å². The normalized spacial score (nSPS) is 11.5. The molecule has 0 radical (unpaired) electrons. The van der Waals surface area contributed by atoms with Crippen molar-refractivity contribution in [3.8, 4) is 0 Å². The summed E-state index contributed by atoms with van der Waals surface area (Å²) in [6, 6.07) is 10.3. The molecule has 0 saturated carbocycles. The van der Waals surface area contributed by atoms with Crippen molar-refractivity contribution in [2.75, 3.05) is 25.1 Å². The average molecular weight is 235 g/mol. The van der Waals surface area contributed by atoms with Crippen LogP contribution in [0.1, 0.15) is 33.6 Å². The number of anilines is 1. The van der Waals surface area contributed by atoms with Crippen molar-refractivity contribution in [2.45, 2.75) is 33.6 Å². The van der Waals surface area contributed by atoms with E-state index in [9.17, 15) is 0 Å². The van der Waals surface area contributed by atoms with Crippen LogP contribution >= 0.6 is 0 Å². The third kappa shape index (κ3) is 7.81. The highest BCUT2D eigenvalue weighted by molar-refractivity contribution is 5.42. The number of ether oxygens (including phenoxy) is 1. The zero-order valence-electron chi connectivity index (χ0n) is 11.3. The third-order valence-corrected chi connectivity index (χ3v) is 2.56. The summed E-state index contributed by atoms with van der Waals surface area (Å²) in [7, 11) is 0. The Bertz CT molecular complexity index is 290. The standard InChI is InChI=1S/C15H25NO/c1-15(2,3)10-13-17-12-7-11-16-14-8-5-4-6-9-14/h4-6,8-9,16H,7,10-13H2,1-3H3. The Labute approximate surface area is 105 Å². The van der Waals surface area contributed by atoms with Gasteiger partial charge in [-0.3, -0.25) is 0 Å². The van der Waals surface area contributed by atoms with Crippen LogP contribution in [0.2, 0.25) is 0 Å². The summed E-state index contributed by atoms with van der Waals surface area (Å²) in [6.07, 6.45) is 2.18. The van der Waals surface area contributed by atoms with Gasteiger partial charge in [-0.05, 0) is 30.4 Å². The smallest absolute Gasteiger partial charge is 0.0482 e. The summed E-state index contributed by atoms with van der Waals surface area (Å²) in [5, 5.41) is 3.37. The highest BCUT2D eigenvalue weighted by Crippen LogP contribution is 2.17. The van der Waals surface area contributed by atoms with E-state index in [0.717, 1.165) is 32.6 Å². The fourth-order valence-corrected chi connectivity index (χ4v) is 1.44. The van der Waals surface area contributed by atoms with Crippen LogP contribution in [0.15, 0.2) is 30.3 Å². The second kappa shape index (κ2) is 7.33. The van der Waals surface area contributed by atoms with Crippen molar-refractivity contribution in [2.24, 2.45) is 5.41 Å². The first-order chi connectivity index (χ1) is 8.08. The molecule has 0 unspecified atom stereocenters. The molecule has 0 bridgehead atoms. The Morgan fingerprint density at radius 2 is 1.76 bits per heavy atom. The number of hydrogen-bond donors (Lipinski definition) is 1. The Morgan fingerprint density at radius 3 is 2.41 bits per heavy atom. The van der Waals surface area contributed by atoms with E-state index >= 15 is 0 Å². The lowest BCUT2D eigenvalue weighted by Crippen LogP contribution is -2.11. The minimum Gasteiger partial charge on any atom is -0.385 e. The number of nitrogens with one attached hydrogen (secondary N) is 1. The summed E-state index contributed by atoms with van der Waals surface area (Å²) in [5.41, 5.74) is 1.56. The summed E-state index contributed by atoms with van der Waals surface area (Å²) in [6.45, 7) is 9.41. The largest absolute Gasteiger partial charge is 0.385 e. The molecule has 1 aromatic rings. The van der Waals surface area contributed by atoms with E-state index in [1.165, 1.54) is 5.69 Å². The molecular formula is C15H25NO. The van der Waals surface area contributed by atoms with E-state index in [1.54, 1.807) is 0 Å². The molecule has 1 rings (SSSR count). The van der Waals surface area contributed by atoms with Gasteiger partial charge in [0.15, 0.2) is 0 Å². The van der Waals surface area contributed by atoms with E-state index in [4.69, 9.17) is 4.74 Å². The average Bonchev–Trinajstić information content (AvgIpc) is 2.28. The minimum atomic E-state index is 0.377. The van der Waals surface area contributed by atoms with Crippen LogP contribution in [0.3, 0.4) is 0 Å². The lowest BCUT2D eigenvalue weighted by molar-refractivity contribution is 0.108. The quantitative estimate of drug-likeness (QED) is 0.723. The molecule has 0 atom stereocenters. The van der Waals surface area contributed by atoms with Gasteiger partial charge in [-0.25, -0.2) is 0 Å². The highest BCUT2D eigenvalue weighted by atomic mass is 16.5. The van der Waals surface area contributed by atoms with Crippen LogP contribution in [-0.4, -0.2) is 19.8 Å². The van der Waals surface area contributed by atoms with Gasteiger partial charge >= 0.3 is 0 Å². The van der Waals surface area contributed by atoms with Gasteiger partial charge in [0.05, 0.1) is 0 Å². The number of rotatable bonds is 7. The van der Waals surface area contributed by atoms with Gasteiger partial charge in [-0.2, -0.15) is 0 Å². The molecule has 0 saturated heterocycles. The monoisotopic (exact) mass is 235 g/mol. The van der Waals surface area contributed by atoms with Gasteiger partial charge in [0.1, 0.15) is 0 Å². The first-order valence-corrected chi connectivity index (χ1v) is 6.45. The topological polar surface area (TPSA) is 21.3 Å².